The largest absolute Gasteiger partial charge is 0.393 e. The molecule has 3 nitrogen and oxygen atoms in total. The first kappa shape index (κ1) is 15.0. The van der Waals surface area contributed by atoms with Crippen LogP contribution in [0.25, 0.3) is 0 Å². The van der Waals surface area contributed by atoms with Gasteiger partial charge in [-0.2, -0.15) is 0 Å². The fourth-order valence-electron chi connectivity index (χ4n) is 2.91. The van der Waals surface area contributed by atoms with Gasteiger partial charge in [0.2, 0.25) is 5.91 Å². The maximum atomic E-state index is 12.2. The highest BCUT2D eigenvalue weighted by atomic mass is 16.3. The normalized spacial score (nSPS) is 18.1. The van der Waals surface area contributed by atoms with E-state index in [0.29, 0.717) is 12.3 Å². The average Bonchev–Trinajstić information content (AvgIpc) is 2.45. The van der Waals surface area contributed by atoms with Gasteiger partial charge in [0.15, 0.2) is 0 Å². The van der Waals surface area contributed by atoms with Crippen molar-refractivity contribution in [1.29, 1.82) is 0 Å². The summed E-state index contributed by atoms with van der Waals surface area (Å²) in [6, 6.07) is 8.35. The molecule has 1 aliphatic rings. The van der Waals surface area contributed by atoms with Gasteiger partial charge in [-0.25, -0.2) is 0 Å². The number of hydrogen-bond donors (Lipinski definition) is 1. The first-order valence-corrected chi connectivity index (χ1v) is 7.57. The number of rotatable bonds is 4. The number of benzene rings is 1. The van der Waals surface area contributed by atoms with Crippen molar-refractivity contribution in [1.82, 2.24) is 4.90 Å². The lowest BCUT2D eigenvalue weighted by Crippen LogP contribution is -2.40. The van der Waals surface area contributed by atoms with E-state index in [1.54, 1.807) is 0 Å². The van der Waals surface area contributed by atoms with Gasteiger partial charge in [0, 0.05) is 19.5 Å². The zero-order valence-electron chi connectivity index (χ0n) is 12.5. The van der Waals surface area contributed by atoms with E-state index in [0.717, 1.165) is 32.4 Å². The van der Waals surface area contributed by atoms with Crippen molar-refractivity contribution in [3.05, 3.63) is 35.4 Å². The SMILES string of the molecule is Cc1cccc(CCC(=O)N2CCC(C(C)O)CC2)c1. The monoisotopic (exact) mass is 275 g/mol. The minimum atomic E-state index is -0.250. The first-order chi connectivity index (χ1) is 9.56. The Morgan fingerprint density at radius 2 is 2.10 bits per heavy atom. The number of amides is 1. The summed E-state index contributed by atoms with van der Waals surface area (Å²) in [5, 5.41) is 9.58. The number of hydrogen-bond acceptors (Lipinski definition) is 2. The second kappa shape index (κ2) is 6.89. The van der Waals surface area contributed by atoms with Crippen LogP contribution >= 0.6 is 0 Å². The Morgan fingerprint density at radius 1 is 1.40 bits per heavy atom. The molecule has 2 rings (SSSR count). The standard InChI is InChI=1S/C17H25NO2/c1-13-4-3-5-15(12-13)6-7-17(20)18-10-8-16(9-11-18)14(2)19/h3-5,12,14,16,19H,6-11H2,1-2H3. The van der Waals surface area contributed by atoms with Crippen LogP contribution in [-0.4, -0.2) is 35.1 Å². The van der Waals surface area contributed by atoms with Crippen LogP contribution in [0.3, 0.4) is 0 Å². The molecule has 0 aliphatic carbocycles. The molecule has 0 spiro atoms. The van der Waals surface area contributed by atoms with Crippen molar-refractivity contribution in [2.24, 2.45) is 5.92 Å². The predicted molar refractivity (Wildman–Crippen MR) is 80.5 cm³/mol. The van der Waals surface area contributed by atoms with Crippen molar-refractivity contribution in [2.75, 3.05) is 13.1 Å². The highest BCUT2D eigenvalue weighted by Gasteiger charge is 2.24. The minimum Gasteiger partial charge on any atom is -0.393 e. The fraction of sp³-hybridized carbons (Fsp3) is 0.588. The second-order valence-corrected chi connectivity index (χ2v) is 5.95. The van der Waals surface area contributed by atoms with Crippen molar-refractivity contribution >= 4 is 5.91 Å². The van der Waals surface area contributed by atoms with E-state index >= 15 is 0 Å². The van der Waals surface area contributed by atoms with Crippen LogP contribution in [-0.2, 0) is 11.2 Å². The lowest BCUT2D eigenvalue weighted by molar-refractivity contribution is -0.133. The summed E-state index contributed by atoms with van der Waals surface area (Å²) in [5.41, 5.74) is 2.48. The molecule has 1 saturated heterocycles. The number of aryl methyl sites for hydroxylation is 2. The summed E-state index contributed by atoms with van der Waals surface area (Å²) >= 11 is 0. The molecule has 110 valence electrons. The number of piperidine rings is 1. The van der Waals surface area contributed by atoms with Gasteiger partial charge in [-0.15, -0.1) is 0 Å². The summed E-state index contributed by atoms with van der Waals surface area (Å²) in [5.74, 6) is 0.603. The fourth-order valence-corrected chi connectivity index (χ4v) is 2.91. The number of carbonyl (C=O) groups excluding carboxylic acids is 1. The highest BCUT2D eigenvalue weighted by molar-refractivity contribution is 5.76. The van der Waals surface area contributed by atoms with Gasteiger partial charge in [-0.1, -0.05) is 29.8 Å². The van der Waals surface area contributed by atoms with Crippen LogP contribution in [0.2, 0.25) is 0 Å². The molecule has 0 saturated carbocycles. The van der Waals surface area contributed by atoms with E-state index in [1.165, 1.54) is 11.1 Å². The Kier molecular flexibility index (Phi) is 5.18. The molecule has 1 heterocycles. The molecule has 1 aromatic carbocycles. The third-order valence-corrected chi connectivity index (χ3v) is 4.28. The van der Waals surface area contributed by atoms with Crippen LogP contribution in [0.15, 0.2) is 24.3 Å². The van der Waals surface area contributed by atoms with Crippen LogP contribution in [0.4, 0.5) is 0 Å². The van der Waals surface area contributed by atoms with E-state index in [-0.39, 0.29) is 12.0 Å². The maximum Gasteiger partial charge on any atom is 0.222 e. The van der Waals surface area contributed by atoms with Crippen LogP contribution in [0, 0.1) is 12.8 Å². The minimum absolute atomic E-state index is 0.246. The van der Waals surface area contributed by atoms with Gasteiger partial charge in [0.1, 0.15) is 0 Å². The van der Waals surface area contributed by atoms with Crippen molar-refractivity contribution in [3.8, 4) is 0 Å². The Labute approximate surface area is 121 Å². The van der Waals surface area contributed by atoms with Crippen LogP contribution in [0.1, 0.15) is 37.3 Å². The third kappa shape index (κ3) is 4.07. The molecule has 1 fully saturated rings. The Balaban J connectivity index is 1.78. The maximum absolute atomic E-state index is 12.2. The van der Waals surface area contributed by atoms with E-state index in [4.69, 9.17) is 0 Å². The van der Waals surface area contributed by atoms with Crippen molar-refractivity contribution in [3.63, 3.8) is 0 Å². The smallest absolute Gasteiger partial charge is 0.222 e. The zero-order chi connectivity index (χ0) is 14.5. The third-order valence-electron chi connectivity index (χ3n) is 4.28. The van der Waals surface area contributed by atoms with E-state index in [1.807, 2.05) is 17.9 Å². The van der Waals surface area contributed by atoms with Crippen molar-refractivity contribution < 1.29 is 9.90 Å². The van der Waals surface area contributed by atoms with Crippen LogP contribution < -0.4 is 0 Å². The van der Waals surface area contributed by atoms with Gasteiger partial charge in [0.05, 0.1) is 6.10 Å². The number of carbonyl (C=O) groups is 1. The Hall–Kier alpha value is -1.35. The molecule has 0 aromatic heterocycles. The average molecular weight is 275 g/mol. The summed E-state index contributed by atoms with van der Waals surface area (Å²) in [4.78, 5) is 14.1. The Morgan fingerprint density at radius 3 is 2.70 bits per heavy atom. The van der Waals surface area contributed by atoms with Gasteiger partial charge in [-0.3, -0.25) is 4.79 Å². The first-order valence-electron chi connectivity index (χ1n) is 7.57. The molecular formula is C17H25NO2. The Bertz CT molecular complexity index is 448. The molecule has 0 radical (unpaired) electrons. The molecule has 1 unspecified atom stereocenters. The molecule has 1 aromatic rings. The number of nitrogens with zero attached hydrogens (tertiary/aromatic N) is 1. The lowest BCUT2D eigenvalue weighted by Gasteiger charge is -2.33. The zero-order valence-corrected chi connectivity index (χ0v) is 12.5. The summed E-state index contributed by atoms with van der Waals surface area (Å²) < 4.78 is 0. The number of likely N-dealkylation sites (tertiary alicyclic amines) is 1. The molecule has 20 heavy (non-hydrogen) atoms. The molecule has 0 bridgehead atoms. The molecule has 1 aliphatic heterocycles. The van der Waals surface area contributed by atoms with Crippen LogP contribution in [0.5, 0.6) is 0 Å². The molecule has 1 N–H and O–H groups in total. The summed E-state index contributed by atoms with van der Waals surface area (Å²) in [7, 11) is 0. The van der Waals surface area contributed by atoms with Gasteiger partial charge in [0.25, 0.3) is 0 Å². The molecule has 3 heteroatoms. The van der Waals surface area contributed by atoms with Gasteiger partial charge < -0.3 is 10.0 Å². The highest BCUT2D eigenvalue weighted by Crippen LogP contribution is 2.21. The quantitative estimate of drug-likeness (QED) is 0.917. The predicted octanol–water partition coefficient (Wildman–Crippen LogP) is 2.55. The molecule has 1 atom stereocenters. The molecular weight excluding hydrogens is 250 g/mol. The number of aliphatic hydroxyl groups is 1. The van der Waals surface area contributed by atoms with E-state index in [2.05, 4.69) is 25.1 Å². The summed E-state index contributed by atoms with van der Waals surface area (Å²) in [6.07, 6.45) is 3.00. The van der Waals surface area contributed by atoms with Gasteiger partial charge >= 0.3 is 0 Å². The topological polar surface area (TPSA) is 40.5 Å². The molecule has 1 amide bonds. The van der Waals surface area contributed by atoms with E-state index in [9.17, 15) is 9.90 Å². The van der Waals surface area contributed by atoms with Crippen molar-refractivity contribution in [2.45, 2.75) is 45.6 Å². The lowest BCUT2D eigenvalue weighted by atomic mass is 9.92. The summed E-state index contributed by atoms with van der Waals surface area (Å²) in [6.45, 7) is 5.51. The number of aliphatic hydroxyl groups excluding tert-OH is 1. The van der Waals surface area contributed by atoms with E-state index < -0.39 is 0 Å². The van der Waals surface area contributed by atoms with Gasteiger partial charge in [-0.05, 0) is 44.6 Å². The second-order valence-electron chi connectivity index (χ2n) is 5.95.